The van der Waals surface area contributed by atoms with Crippen molar-refractivity contribution in [3.05, 3.63) is 39.4 Å². The Morgan fingerprint density at radius 2 is 2.29 bits per heavy atom. The lowest BCUT2D eigenvalue weighted by Crippen LogP contribution is -2.41. The number of carbonyl (C=O) groups is 1. The SMILES string of the molecule is CCC1(C(=O)NCc2cccc([N+](=O)[O-])c2C)CCNC1. The van der Waals surface area contributed by atoms with E-state index >= 15 is 0 Å². The molecule has 0 aliphatic carbocycles. The van der Waals surface area contributed by atoms with E-state index in [0.29, 0.717) is 18.7 Å². The number of carbonyl (C=O) groups excluding carboxylic acids is 1. The summed E-state index contributed by atoms with van der Waals surface area (Å²) in [5, 5.41) is 17.1. The second-order valence-electron chi connectivity index (χ2n) is 5.56. The zero-order valence-corrected chi connectivity index (χ0v) is 12.4. The Hall–Kier alpha value is -1.95. The zero-order chi connectivity index (χ0) is 15.5. The molecule has 6 nitrogen and oxygen atoms in total. The van der Waals surface area contributed by atoms with Gasteiger partial charge < -0.3 is 10.6 Å². The minimum absolute atomic E-state index is 0.0286. The molecule has 1 aliphatic rings. The molecule has 0 aromatic heterocycles. The second kappa shape index (κ2) is 6.22. The van der Waals surface area contributed by atoms with Crippen molar-refractivity contribution in [2.24, 2.45) is 5.41 Å². The highest BCUT2D eigenvalue weighted by molar-refractivity contribution is 5.83. The summed E-state index contributed by atoms with van der Waals surface area (Å²) >= 11 is 0. The summed E-state index contributed by atoms with van der Waals surface area (Å²) in [5.41, 5.74) is 1.15. The van der Waals surface area contributed by atoms with Crippen LogP contribution >= 0.6 is 0 Å². The van der Waals surface area contributed by atoms with E-state index < -0.39 is 4.92 Å². The number of nitrogens with one attached hydrogen (secondary N) is 2. The Bertz CT molecular complexity index is 551. The van der Waals surface area contributed by atoms with Crippen molar-refractivity contribution in [3.63, 3.8) is 0 Å². The van der Waals surface area contributed by atoms with Crippen LogP contribution in [0.3, 0.4) is 0 Å². The zero-order valence-electron chi connectivity index (χ0n) is 12.4. The highest BCUT2D eigenvalue weighted by Crippen LogP contribution is 2.30. The third-order valence-electron chi connectivity index (χ3n) is 4.46. The quantitative estimate of drug-likeness (QED) is 0.641. The van der Waals surface area contributed by atoms with Gasteiger partial charge in [0.2, 0.25) is 5.91 Å². The van der Waals surface area contributed by atoms with E-state index in [1.807, 2.05) is 13.0 Å². The molecule has 0 saturated carbocycles. The van der Waals surface area contributed by atoms with Gasteiger partial charge in [0.1, 0.15) is 0 Å². The number of amides is 1. The van der Waals surface area contributed by atoms with Gasteiger partial charge in [0.05, 0.1) is 10.3 Å². The molecule has 6 heteroatoms. The topological polar surface area (TPSA) is 84.3 Å². The maximum Gasteiger partial charge on any atom is 0.272 e. The normalized spacial score (nSPS) is 21.2. The highest BCUT2D eigenvalue weighted by atomic mass is 16.6. The van der Waals surface area contributed by atoms with E-state index in [9.17, 15) is 14.9 Å². The monoisotopic (exact) mass is 291 g/mol. The Labute approximate surface area is 124 Å². The van der Waals surface area contributed by atoms with Crippen molar-refractivity contribution in [1.82, 2.24) is 10.6 Å². The van der Waals surface area contributed by atoms with Crippen LogP contribution in [0.5, 0.6) is 0 Å². The molecule has 21 heavy (non-hydrogen) atoms. The van der Waals surface area contributed by atoms with Crippen molar-refractivity contribution >= 4 is 11.6 Å². The Balaban J connectivity index is 2.08. The average Bonchev–Trinajstić information content (AvgIpc) is 2.95. The average molecular weight is 291 g/mol. The molecule has 1 amide bonds. The van der Waals surface area contributed by atoms with Crippen LogP contribution in [0.25, 0.3) is 0 Å². The van der Waals surface area contributed by atoms with Crippen molar-refractivity contribution in [2.45, 2.75) is 33.2 Å². The predicted molar refractivity (Wildman–Crippen MR) is 79.9 cm³/mol. The standard InChI is InChI=1S/C15H21N3O3/c1-3-15(7-8-16-10-15)14(19)17-9-12-5-4-6-13(11(12)2)18(20)21/h4-6,16H,3,7-10H2,1-2H3,(H,17,19). The van der Waals surface area contributed by atoms with E-state index in [-0.39, 0.29) is 17.0 Å². The third-order valence-corrected chi connectivity index (χ3v) is 4.46. The van der Waals surface area contributed by atoms with E-state index in [1.54, 1.807) is 13.0 Å². The molecule has 1 fully saturated rings. The van der Waals surface area contributed by atoms with Crippen LogP contribution < -0.4 is 10.6 Å². The minimum Gasteiger partial charge on any atom is -0.351 e. The van der Waals surface area contributed by atoms with Gasteiger partial charge in [-0.2, -0.15) is 0 Å². The first-order chi connectivity index (χ1) is 10.00. The van der Waals surface area contributed by atoms with Crippen molar-refractivity contribution in [1.29, 1.82) is 0 Å². The summed E-state index contributed by atoms with van der Waals surface area (Å²) in [5.74, 6) is 0.0286. The Morgan fingerprint density at radius 3 is 2.86 bits per heavy atom. The minimum atomic E-state index is -0.394. The lowest BCUT2D eigenvalue weighted by atomic mass is 9.83. The van der Waals surface area contributed by atoms with Gasteiger partial charge >= 0.3 is 0 Å². The molecule has 0 bridgehead atoms. The van der Waals surface area contributed by atoms with Gasteiger partial charge in [-0.3, -0.25) is 14.9 Å². The molecular weight excluding hydrogens is 270 g/mol. The number of hydrogen-bond donors (Lipinski definition) is 2. The third kappa shape index (κ3) is 3.05. The summed E-state index contributed by atoms with van der Waals surface area (Å²) in [6.45, 7) is 5.62. The fourth-order valence-electron chi connectivity index (χ4n) is 2.82. The number of nitrogens with zero attached hydrogens (tertiary/aromatic N) is 1. The highest BCUT2D eigenvalue weighted by Gasteiger charge is 2.39. The molecule has 1 unspecified atom stereocenters. The molecule has 1 atom stereocenters. The molecule has 1 saturated heterocycles. The van der Waals surface area contributed by atoms with Gasteiger partial charge in [0, 0.05) is 24.7 Å². The van der Waals surface area contributed by atoms with E-state index in [4.69, 9.17) is 0 Å². The lowest BCUT2D eigenvalue weighted by Gasteiger charge is -2.25. The number of nitro groups is 1. The van der Waals surface area contributed by atoms with Crippen molar-refractivity contribution in [3.8, 4) is 0 Å². The Kier molecular flexibility index (Phi) is 4.57. The van der Waals surface area contributed by atoms with Crippen LogP contribution in [0, 0.1) is 22.5 Å². The molecule has 1 aromatic rings. The van der Waals surface area contributed by atoms with Crippen LogP contribution in [0.15, 0.2) is 18.2 Å². The number of benzene rings is 1. The first-order valence-corrected chi connectivity index (χ1v) is 7.22. The maximum atomic E-state index is 12.4. The summed E-state index contributed by atoms with van der Waals surface area (Å²) in [7, 11) is 0. The Morgan fingerprint density at radius 1 is 1.52 bits per heavy atom. The van der Waals surface area contributed by atoms with Gasteiger partial charge in [-0.25, -0.2) is 0 Å². The van der Waals surface area contributed by atoms with Gasteiger partial charge in [0.25, 0.3) is 5.69 Å². The summed E-state index contributed by atoms with van der Waals surface area (Å²) < 4.78 is 0. The van der Waals surface area contributed by atoms with Crippen LogP contribution in [0.4, 0.5) is 5.69 Å². The summed E-state index contributed by atoms with van der Waals surface area (Å²) in [4.78, 5) is 23.0. The predicted octanol–water partition coefficient (Wildman–Crippen LogP) is 1.91. The van der Waals surface area contributed by atoms with Gasteiger partial charge in [-0.05, 0) is 31.9 Å². The number of nitro benzene ring substituents is 1. The molecule has 1 heterocycles. The van der Waals surface area contributed by atoms with Crippen LogP contribution in [0.1, 0.15) is 30.9 Å². The largest absolute Gasteiger partial charge is 0.351 e. The summed E-state index contributed by atoms with van der Waals surface area (Å²) in [6, 6.07) is 4.95. The van der Waals surface area contributed by atoms with Gasteiger partial charge in [-0.15, -0.1) is 0 Å². The van der Waals surface area contributed by atoms with Crippen LogP contribution in [-0.2, 0) is 11.3 Å². The van der Waals surface area contributed by atoms with Crippen LogP contribution in [0.2, 0.25) is 0 Å². The molecule has 0 spiro atoms. The number of rotatable bonds is 5. The molecule has 114 valence electrons. The smallest absolute Gasteiger partial charge is 0.272 e. The number of hydrogen-bond acceptors (Lipinski definition) is 4. The molecule has 0 radical (unpaired) electrons. The molecule has 2 N–H and O–H groups in total. The molecular formula is C15H21N3O3. The summed E-state index contributed by atoms with van der Waals surface area (Å²) in [6.07, 6.45) is 1.63. The van der Waals surface area contributed by atoms with Gasteiger partial charge in [-0.1, -0.05) is 19.1 Å². The first kappa shape index (κ1) is 15.4. The molecule has 1 aliphatic heterocycles. The fraction of sp³-hybridized carbons (Fsp3) is 0.533. The van der Waals surface area contributed by atoms with E-state index in [0.717, 1.165) is 24.9 Å². The fourth-order valence-corrected chi connectivity index (χ4v) is 2.82. The van der Waals surface area contributed by atoms with E-state index in [2.05, 4.69) is 10.6 Å². The van der Waals surface area contributed by atoms with Crippen molar-refractivity contribution < 1.29 is 9.72 Å². The van der Waals surface area contributed by atoms with Crippen LogP contribution in [-0.4, -0.2) is 23.9 Å². The van der Waals surface area contributed by atoms with Gasteiger partial charge in [0.15, 0.2) is 0 Å². The first-order valence-electron chi connectivity index (χ1n) is 7.22. The lowest BCUT2D eigenvalue weighted by molar-refractivity contribution is -0.385. The molecule has 2 rings (SSSR count). The van der Waals surface area contributed by atoms with E-state index in [1.165, 1.54) is 6.07 Å². The second-order valence-corrected chi connectivity index (χ2v) is 5.56. The van der Waals surface area contributed by atoms with Crippen molar-refractivity contribution in [2.75, 3.05) is 13.1 Å². The maximum absolute atomic E-state index is 12.4. The molecule has 1 aromatic carbocycles.